The van der Waals surface area contributed by atoms with Gasteiger partial charge in [-0.25, -0.2) is 9.88 Å². The van der Waals surface area contributed by atoms with E-state index in [-0.39, 0.29) is 41.9 Å². The summed E-state index contributed by atoms with van der Waals surface area (Å²) in [7, 11) is 1.55. The summed E-state index contributed by atoms with van der Waals surface area (Å²) in [4.78, 5) is 47.7. The first-order chi connectivity index (χ1) is 17.8. The molecule has 2 heterocycles. The number of aromatic nitrogens is 1. The lowest BCUT2D eigenvalue weighted by Crippen LogP contribution is -2.52. The van der Waals surface area contributed by atoms with Gasteiger partial charge in [-0.15, -0.1) is 0 Å². The highest BCUT2D eigenvalue weighted by molar-refractivity contribution is 8.00. The van der Waals surface area contributed by atoms with Crippen LogP contribution in [-0.4, -0.2) is 52.6 Å². The molecule has 0 spiro atoms. The molecule has 1 aromatic heterocycles. The highest BCUT2D eigenvalue weighted by atomic mass is 32.2. The molecule has 4 rings (SSSR count). The zero-order chi connectivity index (χ0) is 26.5. The summed E-state index contributed by atoms with van der Waals surface area (Å²) in [6.07, 6.45) is 4.63. The van der Waals surface area contributed by atoms with Crippen molar-refractivity contribution in [1.29, 1.82) is 5.26 Å². The predicted molar refractivity (Wildman–Crippen MR) is 141 cm³/mol. The topological polar surface area (TPSA) is 104 Å². The molecule has 9 heteroatoms. The number of pyridine rings is 1. The molecule has 3 amide bonds. The van der Waals surface area contributed by atoms with Gasteiger partial charge in [0.25, 0.3) is 5.91 Å². The van der Waals surface area contributed by atoms with E-state index in [4.69, 9.17) is 4.74 Å². The maximum Gasteiger partial charge on any atom is 0.257 e. The van der Waals surface area contributed by atoms with E-state index in [1.807, 2.05) is 19.9 Å². The molecule has 1 aliphatic carbocycles. The number of nitriles is 1. The number of imide groups is 1. The fourth-order valence-corrected chi connectivity index (χ4v) is 5.85. The number of ether oxygens (including phenoxy) is 1. The Balaban J connectivity index is 1.57. The molecule has 194 valence electrons. The van der Waals surface area contributed by atoms with E-state index in [1.165, 1.54) is 16.7 Å². The van der Waals surface area contributed by atoms with E-state index in [0.29, 0.717) is 22.0 Å². The molecule has 2 aliphatic rings. The maximum atomic E-state index is 13.7. The second-order valence-electron chi connectivity index (χ2n) is 9.72. The van der Waals surface area contributed by atoms with Crippen LogP contribution in [-0.2, 0) is 14.4 Å². The standard InChI is InChI=1S/C28H32N4O4S/c1-18(2)23-14-9-19(16-29)27(30-23)37-17-26(34)31(20-7-5-4-6-8-20)24-15-25(33)32(28(24)35)21-10-12-22(36-3)13-11-21/h9-14,18,20,24H,4-8,15,17H2,1-3H3. The van der Waals surface area contributed by atoms with Gasteiger partial charge in [-0.2, -0.15) is 5.26 Å². The van der Waals surface area contributed by atoms with Crippen molar-refractivity contribution in [1.82, 2.24) is 9.88 Å². The van der Waals surface area contributed by atoms with E-state index < -0.39 is 6.04 Å². The summed E-state index contributed by atoms with van der Waals surface area (Å²) in [6.45, 7) is 4.05. The van der Waals surface area contributed by atoms with Crippen molar-refractivity contribution < 1.29 is 19.1 Å². The number of amides is 3. The highest BCUT2D eigenvalue weighted by Gasteiger charge is 2.46. The number of carbonyl (C=O) groups excluding carboxylic acids is 3. The number of benzene rings is 1. The van der Waals surface area contributed by atoms with Gasteiger partial charge < -0.3 is 9.64 Å². The van der Waals surface area contributed by atoms with Gasteiger partial charge in [-0.1, -0.05) is 44.9 Å². The Hall–Kier alpha value is -3.38. The summed E-state index contributed by atoms with van der Waals surface area (Å²) in [5, 5.41) is 10.1. The molecule has 2 aromatic rings. The monoisotopic (exact) mass is 520 g/mol. The molecule has 1 saturated heterocycles. The fraction of sp³-hybridized carbons (Fsp3) is 0.464. The first-order valence-electron chi connectivity index (χ1n) is 12.7. The minimum absolute atomic E-state index is 0.0394. The molecule has 2 fully saturated rings. The van der Waals surface area contributed by atoms with Crippen molar-refractivity contribution in [3.05, 3.63) is 47.7 Å². The summed E-state index contributed by atoms with van der Waals surface area (Å²) in [5.74, 6) is -0.0494. The quantitative estimate of drug-likeness (QED) is 0.368. The van der Waals surface area contributed by atoms with Crippen molar-refractivity contribution in [2.45, 2.75) is 75.4 Å². The second-order valence-corrected chi connectivity index (χ2v) is 10.7. The van der Waals surface area contributed by atoms with E-state index in [1.54, 1.807) is 42.3 Å². The summed E-state index contributed by atoms with van der Waals surface area (Å²) < 4.78 is 5.19. The number of rotatable bonds is 8. The van der Waals surface area contributed by atoms with Crippen LogP contribution in [0.1, 0.15) is 69.5 Å². The van der Waals surface area contributed by atoms with Gasteiger partial charge in [0.05, 0.1) is 30.5 Å². The van der Waals surface area contributed by atoms with Gasteiger partial charge in [-0.3, -0.25) is 14.4 Å². The number of nitrogens with zero attached hydrogens (tertiary/aromatic N) is 4. The molecular weight excluding hydrogens is 488 g/mol. The third-order valence-electron chi connectivity index (χ3n) is 6.97. The second kappa shape index (κ2) is 11.8. The first-order valence-corrected chi connectivity index (χ1v) is 13.7. The Labute approximate surface area is 222 Å². The lowest BCUT2D eigenvalue weighted by atomic mass is 9.92. The molecule has 0 N–H and O–H groups in total. The first kappa shape index (κ1) is 26.7. The summed E-state index contributed by atoms with van der Waals surface area (Å²) >= 11 is 1.22. The van der Waals surface area contributed by atoms with Crippen molar-refractivity contribution in [2.24, 2.45) is 0 Å². The number of hydrogen-bond donors (Lipinski definition) is 0. The molecular formula is C28H32N4O4S. The van der Waals surface area contributed by atoms with Crippen LogP contribution in [0, 0.1) is 11.3 Å². The smallest absolute Gasteiger partial charge is 0.257 e. The van der Waals surface area contributed by atoms with Crippen LogP contribution in [0.2, 0.25) is 0 Å². The minimum atomic E-state index is -0.837. The molecule has 1 atom stereocenters. The number of methoxy groups -OCH3 is 1. The number of thioether (sulfide) groups is 1. The highest BCUT2D eigenvalue weighted by Crippen LogP contribution is 2.33. The maximum absolute atomic E-state index is 13.7. The van der Waals surface area contributed by atoms with Crippen LogP contribution in [0.5, 0.6) is 5.75 Å². The van der Waals surface area contributed by atoms with E-state index in [0.717, 1.165) is 37.8 Å². The SMILES string of the molecule is COc1ccc(N2C(=O)CC(N(C(=O)CSc3nc(C(C)C)ccc3C#N)C3CCCCC3)C2=O)cc1. The van der Waals surface area contributed by atoms with Crippen LogP contribution in [0.25, 0.3) is 0 Å². The van der Waals surface area contributed by atoms with Gasteiger partial charge in [-0.05, 0) is 55.2 Å². The zero-order valence-electron chi connectivity index (χ0n) is 21.5. The fourth-order valence-electron chi connectivity index (χ4n) is 5.00. The average Bonchev–Trinajstić information content (AvgIpc) is 3.21. The van der Waals surface area contributed by atoms with Crippen molar-refractivity contribution in [3.8, 4) is 11.8 Å². The minimum Gasteiger partial charge on any atom is -0.497 e. The Morgan fingerprint density at radius 1 is 1.16 bits per heavy atom. The van der Waals surface area contributed by atoms with Crippen LogP contribution in [0.15, 0.2) is 41.4 Å². The number of anilines is 1. The third-order valence-corrected chi connectivity index (χ3v) is 7.95. The van der Waals surface area contributed by atoms with Crippen LogP contribution in [0.3, 0.4) is 0 Å². The normalized spacial score (nSPS) is 18.2. The van der Waals surface area contributed by atoms with Gasteiger partial charge in [0, 0.05) is 11.7 Å². The number of carbonyl (C=O) groups is 3. The van der Waals surface area contributed by atoms with Crippen molar-refractivity contribution >= 4 is 35.2 Å². The Bertz CT molecular complexity index is 1200. The molecule has 0 bridgehead atoms. The van der Waals surface area contributed by atoms with Gasteiger partial charge in [0.1, 0.15) is 22.9 Å². The van der Waals surface area contributed by atoms with Crippen LogP contribution >= 0.6 is 11.8 Å². The van der Waals surface area contributed by atoms with Gasteiger partial charge in [0.15, 0.2) is 0 Å². The molecule has 1 saturated carbocycles. The molecule has 0 radical (unpaired) electrons. The molecule has 8 nitrogen and oxygen atoms in total. The van der Waals surface area contributed by atoms with E-state index in [2.05, 4.69) is 11.1 Å². The Morgan fingerprint density at radius 3 is 2.49 bits per heavy atom. The van der Waals surface area contributed by atoms with Crippen molar-refractivity contribution in [2.75, 3.05) is 17.8 Å². The summed E-state index contributed by atoms with van der Waals surface area (Å²) in [6, 6.07) is 11.6. The lowest BCUT2D eigenvalue weighted by Gasteiger charge is -2.37. The predicted octanol–water partition coefficient (Wildman–Crippen LogP) is 4.67. The van der Waals surface area contributed by atoms with E-state index in [9.17, 15) is 19.6 Å². The largest absolute Gasteiger partial charge is 0.497 e. The molecule has 1 aliphatic heterocycles. The van der Waals surface area contributed by atoms with Gasteiger partial charge in [0.2, 0.25) is 11.8 Å². The molecule has 1 aromatic carbocycles. The molecule has 37 heavy (non-hydrogen) atoms. The summed E-state index contributed by atoms with van der Waals surface area (Å²) in [5.41, 5.74) is 1.74. The zero-order valence-corrected chi connectivity index (χ0v) is 22.3. The van der Waals surface area contributed by atoms with Crippen LogP contribution in [0.4, 0.5) is 5.69 Å². The number of hydrogen-bond acceptors (Lipinski definition) is 7. The van der Waals surface area contributed by atoms with E-state index >= 15 is 0 Å². The van der Waals surface area contributed by atoms with Crippen molar-refractivity contribution in [3.63, 3.8) is 0 Å². The molecule has 1 unspecified atom stereocenters. The Morgan fingerprint density at radius 2 is 1.86 bits per heavy atom. The third kappa shape index (κ3) is 5.80. The lowest BCUT2D eigenvalue weighted by molar-refractivity contribution is -0.139. The average molecular weight is 521 g/mol. The Kier molecular flexibility index (Phi) is 8.49. The van der Waals surface area contributed by atoms with Gasteiger partial charge >= 0.3 is 0 Å². The van der Waals surface area contributed by atoms with Crippen LogP contribution < -0.4 is 9.64 Å².